The Morgan fingerprint density at radius 1 is 1.67 bits per heavy atom. The molecule has 1 aliphatic carbocycles. The van der Waals surface area contributed by atoms with Gasteiger partial charge in [-0.3, -0.25) is 4.79 Å². The van der Waals surface area contributed by atoms with Gasteiger partial charge in [0.1, 0.15) is 0 Å². The first-order valence-corrected chi connectivity index (χ1v) is 2.87. The van der Waals surface area contributed by atoms with Gasteiger partial charge in [-0.2, -0.15) is 4.91 Å². The van der Waals surface area contributed by atoms with Crippen LogP contribution in [0.5, 0.6) is 0 Å². The number of hydrogen-bond acceptors (Lipinski definition) is 3. The molecule has 0 heterocycles. The molecule has 0 amide bonds. The van der Waals surface area contributed by atoms with E-state index in [1.165, 1.54) is 6.08 Å². The van der Waals surface area contributed by atoms with Crippen LogP contribution in [0.1, 0.15) is 12.8 Å². The Bertz CT molecular complexity index is 162. The van der Waals surface area contributed by atoms with Crippen LogP contribution in [-0.2, 0) is 4.79 Å². The summed E-state index contributed by atoms with van der Waals surface area (Å²) in [5.41, 5.74) is 0. The van der Waals surface area contributed by atoms with E-state index < -0.39 is 6.04 Å². The summed E-state index contributed by atoms with van der Waals surface area (Å²) in [5, 5.41) is 2.68. The number of nitroso groups, excluding NO2 is 1. The van der Waals surface area contributed by atoms with Gasteiger partial charge >= 0.3 is 0 Å². The highest BCUT2D eigenvalue weighted by Crippen LogP contribution is 2.09. The normalized spacial score (nSPS) is 26.2. The summed E-state index contributed by atoms with van der Waals surface area (Å²) in [6.07, 6.45) is 4.57. The van der Waals surface area contributed by atoms with Crippen molar-refractivity contribution in [3.05, 3.63) is 17.1 Å². The molecule has 0 N–H and O–H groups in total. The van der Waals surface area contributed by atoms with Crippen molar-refractivity contribution in [2.24, 2.45) is 5.18 Å². The molecule has 0 saturated heterocycles. The van der Waals surface area contributed by atoms with Crippen molar-refractivity contribution in [2.45, 2.75) is 18.9 Å². The Balaban J connectivity index is 2.65. The third-order valence-electron chi connectivity index (χ3n) is 1.34. The summed E-state index contributed by atoms with van der Waals surface area (Å²) in [7, 11) is 0. The lowest BCUT2D eigenvalue weighted by Gasteiger charge is -2.06. The SMILES string of the molecule is O=NC1CCC=CC1=O. The molecule has 1 unspecified atom stereocenters. The van der Waals surface area contributed by atoms with Crippen LogP contribution < -0.4 is 0 Å². The Morgan fingerprint density at radius 3 is 2.89 bits per heavy atom. The second-order valence-corrected chi connectivity index (χ2v) is 2.00. The lowest BCUT2D eigenvalue weighted by molar-refractivity contribution is -0.116. The maximum atomic E-state index is 10.6. The van der Waals surface area contributed by atoms with E-state index in [0.717, 1.165) is 6.42 Å². The van der Waals surface area contributed by atoms with E-state index in [1.807, 2.05) is 0 Å². The molecule has 48 valence electrons. The molecule has 0 aromatic heterocycles. The summed E-state index contributed by atoms with van der Waals surface area (Å²) >= 11 is 0. The highest BCUT2D eigenvalue weighted by molar-refractivity contribution is 5.95. The fraction of sp³-hybridized carbons (Fsp3) is 0.500. The quantitative estimate of drug-likeness (QED) is 0.491. The zero-order valence-electron chi connectivity index (χ0n) is 4.91. The number of carbonyl (C=O) groups excluding carboxylic acids is 1. The van der Waals surface area contributed by atoms with Crippen molar-refractivity contribution in [3.8, 4) is 0 Å². The maximum absolute atomic E-state index is 10.6. The zero-order chi connectivity index (χ0) is 6.69. The van der Waals surface area contributed by atoms with E-state index in [2.05, 4.69) is 5.18 Å². The average molecular weight is 125 g/mol. The second kappa shape index (κ2) is 2.53. The molecule has 0 spiro atoms. The number of carbonyl (C=O) groups is 1. The minimum Gasteiger partial charge on any atom is -0.292 e. The zero-order valence-corrected chi connectivity index (χ0v) is 4.91. The summed E-state index contributed by atoms with van der Waals surface area (Å²) in [4.78, 5) is 20.5. The Hall–Kier alpha value is -0.990. The van der Waals surface area contributed by atoms with Crippen LogP contribution in [0, 0.1) is 4.91 Å². The van der Waals surface area contributed by atoms with Gasteiger partial charge in [0.25, 0.3) is 0 Å². The number of allylic oxidation sites excluding steroid dienone is 1. The molecule has 0 saturated carbocycles. The molecule has 3 heteroatoms. The van der Waals surface area contributed by atoms with Gasteiger partial charge in [-0.05, 0) is 18.9 Å². The molecule has 9 heavy (non-hydrogen) atoms. The van der Waals surface area contributed by atoms with Gasteiger partial charge in [-0.15, -0.1) is 0 Å². The van der Waals surface area contributed by atoms with E-state index >= 15 is 0 Å². The topological polar surface area (TPSA) is 46.5 Å². The molecule has 0 fully saturated rings. The average Bonchev–Trinajstić information content (AvgIpc) is 1.89. The molecule has 1 aliphatic rings. The fourth-order valence-electron chi connectivity index (χ4n) is 0.812. The van der Waals surface area contributed by atoms with E-state index in [9.17, 15) is 9.70 Å². The van der Waals surface area contributed by atoms with E-state index in [1.54, 1.807) is 6.08 Å². The van der Waals surface area contributed by atoms with Gasteiger partial charge in [0.15, 0.2) is 11.8 Å². The second-order valence-electron chi connectivity index (χ2n) is 2.00. The number of ketones is 1. The van der Waals surface area contributed by atoms with Gasteiger partial charge < -0.3 is 0 Å². The van der Waals surface area contributed by atoms with Gasteiger partial charge in [-0.1, -0.05) is 11.3 Å². The van der Waals surface area contributed by atoms with E-state index in [0.29, 0.717) is 6.42 Å². The molecule has 0 radical (unpaired) electrons. The third kappa shape index (κ3) is 1.22. The predicted octanol–water partition coefficient (Wildman–Crippen LogP) is 1.04. The third-order valence-corrected chi connectivity index (χ3v) is 1.34. The van der Waals surface area contributed by atoms with Gasteiger partial charge in [0, 0.05) is 0 Å². The van der Waals surface area contributed by atoms with Gasteiger partial charge in [0.05, 0.1) is 0 Å². The minimum atomic E-state index is -0.602. The molecule has 0 aliphatic heterocycles. The van der Waals surface area contributed by atoms with Crippen LogP contribution in [0.15, 0.2) is 17.3 Å². The molecule has 0 bridgehead atoms. The van der Waals surface area contributed by atoms with Crippen LogP contribution >= 0.6 is 0 Å². The van der Waals surface area contributed by atoms with Crippen molar-refractivity contribution in [1.82, 2.24) is 0 Å². The molecule has 1 atom stereocenters. The first-order chi connectivity index (χ1) is 4.34. The summed E-state index contributed by atoms with van der Waals surface area (Å²) < 4.78 is 0. The van der Waals surface area contributed by atoms with Gasteiger partial charge in [-0.25, -0.2) is 0 Å². The molecule has 1 rings (SSSR count). The lowest BCUT2D eigenvalue weighted by atomic mass is 10.0. The molecular formula is C6H7NO2. The summed E-state index contributed by atoms with van der Waals surface area (Å²) in [6, 6.07) is -0.602. The highest BCUT2D eigenvalue weighted by Gasteiger charge is 2.17. The Kier molecular flexibility index (Phi) is 1.72. The van der Waals surface area contributed by atoms with Crippen molar-refractivity contribution in [1.29, 1.82) is 0 Å². The number of hydrogen-bond donors (Lipinski definition) is 0. The van der Waals surface area contributed by atoms with E-state index in [4.69, 9.17) is 0 Å². The fourth-order valence-corrected chi connectivity index (χ4v) is 0.812. The molecule has 0 aromatic rings. The number of rotatable bonds is 1. The van der Waals surface area contributed by atoms with Crippen LogP contribution in [0.25, 0.3) is 0 Å². The lowest BCUT2D eigenvalue weighted by Crippen LogP contribution is -2.17. The molecule has 3 nitrogen and oxygen atoms in total. The van der Waals surface area contributed by atoms with Crippen LogP contribution in [-0.4, -0.2) is 11.8 Å². The van der Waals surface area contributed by atoms with Crippen molar-refractivity contribution in [2.75, 3.05) is 0 Å². The Morgan fingerprint density at radius 2 is 2.44 bits per heavy atom. The smallest absolute Gasteiger partial charge is 0.183 e. The predicted molar refractivity (Wildman–Crippen MR) is 33.0 cm³/mol. The van der Waals surface area contributed by atoms with Crippen molar-refractivity contribution in [3.63, 3.8) is 0 Å². The minimum absolute atomic E-state index is 0.156. The molecular weight excluding hydrogens is 118 g/mol. The highest BCUT2D eigenvalue weighted by atomic mass is 16.3. The number of nitrogens with zero attached hydrogens (tertiary/aromatic N) is 1. The first kappa shape index (κ1) is 6.13. The maximum Gasteiger partial charge on any atom is 0.183 e. The van der Waals surface area contributed by atoms with Crippen LogP contribution in [0.2, 0.25) is 0 Å². The summed E-state index contributed by atoms with van der Waals surface area (Å²) in [6.45, 7) is 0. The van der Waals surface area contributed by atoms with E-state index in [-0.39, 0.29) is 5.78 Å². The van der Waals surface area contributed by atoms with Crippen LogP contribution in [0.3, 0.4) is 0 Å². The molecule has 0 aromatic carbocycles. The summed E-state index contributed by atoms with van der Waals surface area (Å²) in [5.74, 6) is -0.156. The standard InChI is InChI=1S/C6H7NO2/c8-6-4-2-1-3-5(6)7-9/h2,4-5H,1,3H2. The van der Waals surface area contributed by atoms with Gasteiger partial charge in [0.2, 0.25) is 0 Å². The first-order valence-electron chi connectivity index (χ1n) is 2.87. The van der Waals surface area contributed by atoms with Crippen molar-refractivity contribution < 1.29 is 4.79 Å². The van der Waals surface area contributed by atoms with Crippen molar-refractivity contribution >= 4 is 5.78 Å². The largest absolute Gasteiger partial charge is 0.292 e. The Labute approximate surface area is 52.7 Å². The monoisotopic (exact) mass is 125 g/mol. The van der Waals surface area contributed by atoms with Crippen LogP contribution in [0.4, 0.5) is 0 Å².